The van der Waals surface area contributed by atoms with E-state index in [1.807, 2.05) is 18.2 Å². The van der Waals surface area contributed by atoms with Gasteiger partial charge in [-0.15, -0.1) is 0 Å². The Kier molecular flexibility index (Phi) is 11.8. The van der Waals surface area contributed by atoms with E-state index in [4.69, 9.17) is 15.3 Å². The second kappa shape index (κ2) is 14.0. The van der Waals surface area contributed by atoms with Crippen molar-refractivity contribution in [1.82, 2.24) is 0 Å². The number of nitrogens with zero attached hydrogens (tertiary/aromatic N) is 2. The van der Waals surface area contributed by atoms with Crippen molar-refractivity contribution in [3.63, 3.8) is 0 Å². The summed E-state index contributed by atoms with van der Waals surface area (Å²) < 4.78 is 5.39. The topological polar surface area (TPSA) is 77.0 Å². The number of hydrogen-bond donors (Lipinski definition) is 1. The average Bonchev–Trinajstić information content (AvgIpc) is 2.65. The number of aromatic hydroxyl groups is 1. The minimum Gasteiger partial charge on any atom is -0.508 e. The zero-order chi connectivity index (χ0) is 19.0. The summed E-state index contributed by atoms with van der Waals surface area (Å²) in [5.74, 6) is -0.0721. The molecule has 0 amide bonds. The molecule has 1 aromatic rings. The summed E-state index contributed by atoms with van der Waals surface area (Å²) in [6, 6.07) is 8.94. The van der Waals surface area contributed by atoms with Crippen LogP contribution < -0.4 is 4.74 Å². The van der Waals surface area contributed by atoms with E-state index < -0.39 is 5.92 Å². The molecule has 0 atom stereocenters. The van der Waals surface area contributed by atoms with E-state index in [1.54, 1.807) is 12.1 Å². The van der Waals surface area contributed by atoms with Gasteiger partial charge in [-0.05, 0) is 24.5 Å². The van der Waals surface area contributed by atoms with Gasteiger partial charge < -0.3 is 9.84 Å². The third-order valence-corrected chi connectivity index (χ3v) is 4.58. The SMILES string of the molecule is CCCCCCCCCCCCc1ccc(OCC(C#N)C#N)cc1O. The Morgan fingerprint density at radius 2 is 1.50 bits per heavy atom. The highest BCUT2D eigenvalue weighted by Gasteiger charge is 2.08. The van der Waals surface area contributed by atoms with Crippen molar-refractivity contribution < 1.29 is 9.84 Å². The lowest BCUT2D eigenvalue weighted by molar-refractivity contribution is 0.300. The van der Waals surface area contributed by atoms with Gasteiger partial charge in [-0.2, -0.15) is 10.5 Å². The van der Waals surface area contributed by atoms with Crippen LogP contribution in [-0.2, 0) is 6.42 Å². The number of nitriles is 2. The number of benzene rings is 1. The predicted molar refractivity (Wildman–Crippen MR) is 104 cm³/mol. The first kappa shape index (κ1) is 21.8. The maximum absolute atomic E-state index is 10.1. The molecule has 26 heavy (non-hydrogen) atoms. The molecular formula is C22H32N2O2. The van der Waals surface area contributed by atoms with E-state index in [2.05, 4.69) is 6.92 Å². The van der Waals surface area contributed by atoms with Gasteiger partial charge in [0, 0.05) is 6.07 Å². The molecule has 0 aromatic heterocycles. The lowest BCUT2D eigenvalue weighted by Crippen LogP contribution is -2.07. The number of ether oxygens (including phenoxy) is 1. The van der Waals surface area contributed by atoms with Crippen molar-refractivity contribution in [2.45, 2.75) is 77.6 Å². The van der Waals surface area contributed by atoms with E-state index in [1.165, 1.54) is 57.8 Å². The first-order chi connectivity index (χ1) is 12.7. The smallest absolute Gasteiger partial charge is 0.167 e. The van der Waals surface area contributed by atoms with Gasteiger partial charge in [0.25, 0.3) is 0 Å². The van der Waals surface area contributed by atoms with Crippen molar-refractivity contribution in [3.8, 4) is 23.6 Å². The number of unbranched alkanes of at least 4 members (excludes halogenated alkanes) is 9. The Balaban J connectivity index is 2.18. The standard InChI is InChI=1S/C22H32N2O2/c1-2-3-4-5-6-7-8-9-10-11-12-20-13-14-21(15-22(20)25)26-18-19(16-23)17-24/h13-15,19,25H,2-12,18H2,1H3. The molecule has 0 aliphatic rings. The molecule has 142 valence electrons. The molecule has 0 radical (unpaired) electrons. The monoisotopic (exact) mass is 356 g/mol. The lowest BCUT2D eigenvalue weighted by Gasteiger charge is -2.09. The molecule has 0 heterocycles. The number of phenols is 1. The minimum absolute atomic E-state index is 0.0181. The minimum atomic E-state index is -0.788. The summed E-state index contributed by atoms with van der Waals surface area (Å²) in [5, 5.41) is 27.6. The van der Waals surface area contributed by atoms with Gasteiger partial charge in [-0.1, -0.05) is 70.8 Å². The van der Waals surface area contributed by atoms with E-state index >= 15 is 0 Å². The van der Waals surface area contributed by atoms with Crippen LogP contribution in [0.1, 0.15) is 76.7 Å². The highest BCUT2D eigenvalue weighted by molar-refractivity contribution is 5.39. The van der Waals surface area contributed by atoms with E-state index in [-0.39, 0.29) is 12.4 Å². The van der Waals surface area contributed by atoms with Crippen LogP contribution in [0.25, 0.3) is 0 Å². The molecule has 0 unspecified atom stereocenters. The van der Waals surface area contributed by atoms with E-state index in [0.717, 1.165) is 18.4 Å². The van der Waals surface area contributed by atoms with Gasteiger partial charge in [0.15, 0.2) is 5.92 Å². The van der Waals surface area contributed by atoms with Gasteiger partial charge in [0.1, 0.15) is 18.1 Å². The maximum Gasteiger partial charge on any atom is 0.167 e. The van der Waals surface area contributed by atoms with Crippen molar-refractivity contribution in [2.24, 2.45) is 5.92 Å². The molecule has 0 aliphatic heterocycles. The van der Waals surface area contributed by atoms with Crippen molar-refractivity contribution >= 4 is 0 Å². The van der Waals surface area contributed by atoms with Crippen LogP contribution in [0.3, 0.4) is 0 Å². The number of aryl methyl sites for hydroxylation is 1. The highest BCUT2D eigenvalue weighted by Crippen LogP contribution is 2.25. The van der Waals surface area contributed by atoms with Gasteiger partial charge in [-0.3, -0.25) is 0 Å². The van der Waals surface area contributed by atoms with Gasteiger partial charge in [0.2, 0.25) is 0 Å². The first-order valence-corrected chi connectivity index (χ1v) is 9.95. The summed E-state index contributed by atoms with van der Waals surface area (Å²) in [6.07, 6.45) is 13.8. The zero-order valence-corrected chi connectivity index (χ0v) is 16.0. The molecular weight excluding hydrogens is 324 g/mol. The molecule has 0 saturated heterocycles. The molecule has 4 heteroatoms. The number of phenolic OH excluding ortho intramolecular Hbond substituents is 1. The molecule has 1 N–H and O–H groups in total. The van der Waals surface area contributed by atoms with Crippen LogP contribution in [-0.4, -0.2) is 11.7 Å². The summed E-state index contributed by atoms with van der Waals surface area (Å²) in [5.41, 5.74) is 0.925. The predicted octanol–water partition coefficient (Wildman–Crippen LogP) is 5.90. The Bertz CT molecular complexity index is 573. The Labute approximate surface area is 158 Å². The van der Waals surface area contributed by atoms with Crippen LogP contribution in [0.15, 0.2) is 18.2 Å². The van der Waals surface area contributed by atoms with Crippen molar-refractivity contribution in [1.29, 1.82) is 10.5 Å². The summed E-state index contributed by atoms with van der Waals surface area (Å²) in [4.78, 5) is 0. The lowest BCUT2D eigenvalue weighted by atomic mass is 10.0. The van der Waals surface area contributed by atoms with Gasteiger partial charge in [0.05, 0.1) is 12.1 Å². The van der Waals surface area contributed by atoms with E-state index in [0.29, 0.717) is 5.75 Å². The quantitative estimate of drug-likeness (QED) is 0.421. The first-order valence-electron chi connectivity index (χ1n) is 9.95. The Morgan fingerprint density at radius 3 is 2.04 bits per heavy atom. The fourth-order valence-electron chi connectivity index (χ4n) is 2.93. The van der Waals surface area contributed by atoms with Crippen LogP contribution in [0, 0.1) is 28.6 Å². The fourth-order valence-corrected chi connectivity index (χ4v) is 2.93. The molecule has 0 saturated carbocycles. The van der Waals surface area contributed by atoms with Crippen LogP contribution in [0.2, 0.25) is 0 Å². The second-order valence-corrected chi connectivity index (χ2v) is 6.84. The van der Waals surface area contributed by atoms with Crippen molar-refractivity contribution in [2.75, 3.05) is 6.61 Å². The fraction of sp³-hybridized carbons (Fsp3) is 0.636. The third kappa shape index (κ3) is 9.33. The van der Waals surface area contributed by atoms with Crippen LogP contribution >= 0.6 is 0 Å². The molecule has 0 fully saturated rings. The number of hydrogen-bond acceptors (Lipinski definition) is 4. The van der Waals surface area contributed by atoms with E-state index in [9.17, 15) is 5.11 Å². The van der Waals surface area contributed by atoms with Crippen molar-refractivity contribution in [3.05, 3.63) is 23.8 Å². The normalized spacial score (nSPS) is 10.5. The summed E-state index contributed by atoms with van der Waals surface area (Å²) in [6.45, 7) is 2.27. The number of rotatable bonds is 14. The molecule has 0 bridgehead atoms. The van der Waals surface area contributed by atoms with Crippen LogP contribution in [0.5, 0.6) is 11.5 Å². The molecule has 4 nitrogen and oxygen atoms in total. The Hall–Kier alpha value is -2.20. The summed E-state index contributed by atoms with van der Waals surface area (Å²) >= 11 is 0. The average molecular weight is 357 g/mol. The summed E-state index contributed by atoms with van der Waals surface area (Å²) in [7, 11) is 0. The highest BCUT2D eigenvalue weighted by atomic mass is 16.5. The second-order valence-electron chi connectivity index (χ2n) is 6.84. The Morgan fingerprint density at radius 1 is 0.923 bits per heavy atom. The third-order valence-electron chi connectivity index (χ3n) is 4.58. The zero-order valence-electron chi connectivity index (χ0n) is 16.0. The maximum atomic E-state index is 10.1. The molecule has 0 aliphatic carbocycles. The molecule has 1 aromatic carbocycles. The van der Waals surface area contributed by atoms with Gasteiger partial charge in [-0.25, -0.2) is 0 Å². The molecule has 0 spiro atoms. The van der Waals surface area contributed by atoms with Gasteiger partial charge >= 0.3 is 0 Å². The largest absolute Gasteiger partial charge is 0.508 e. The molecule has 1 rings (SSSR count). The van der Waals surface area contributed by atoms with Crippen LogP contribution in [0.4, 0.5) is 0 Å².